The third-order valence-electron chi connectivity index (χ3n) is 6.79. The number of unbranched alkanes of at least 4 members (excludes halogenated alkanes) is 2. The number of fused-ring (bicyclic) bond motifs is 1. The normalized spacial score (nSPS) is 11.4. The van der Waals surface area contributed by atoms with Crippen LogP contribution < -0.4 is 4.74 Å². The number of hydrogen-bond acceptors (Lipinski definition) is 1. The summed E-state index contributed by atoms with van der Waals surface area (Å²) in [5.41, 5.74) is 4.96. The Kier molecular flexibility index (Phi) is 9.21. The van der Waals surface area contributed by atoms with E-state index in [1.54, 1.807) is 6.07 Å². The van der Waals surface area contributed by atoms with Gasteiger partial charge in [-0.25, -0.2) is 8.78 Å². The van der Waals surface area contributed by atoms with Crippen LogP contribution in [0.15, 0.2) is 72.8 Å². The second kappa shape index (κ2) is 12.8. The molecule has 1 nitrogen and oxygen atoms in total. The minimum Gasteiger partial charge on any atom is -0.432 e. The van der Waals surface area contributed by atoms with Crippen LogP contribution >= 0.6 is 0 Å². The van der Waals surface area contributed by atoms with Gasteiger partial charge in [0.05, 0.1) is 0 Å². The van der Waals surface area contributed by atoms with Crippen LogP contribution in [0.5, 0.6) is 5.75 Å². The van der Waals surface area contributed by atoms with Gasteiger partial charge in [-0.1, -0.05) is 80.4 Å². The van der Waals surface area contributed by atoms with Crippen LogP contribution in [0.1, 0.15) is 54.0 Å². The average Bonchev–Trinajstić information content (AvgIpc) is 2.89. The van der Waals surface area contributed by atoms with Gasteiger partial charge in [0, 0.05) is 5.39 Å². The topological polar surface area (TPSA) is 9.23 Å². The lowest BCUT2D eigenvalue weighted by Crippen LogP contribution is -2.04. The van der Waals surface area contributed by atoms with E-state index in [1.165, 1.54) is 42.5 Å². The first kappa shape index (κ1) is 26.7. The number of rotatable bonds is 12. The molecule has 0 amide bonds. The Morgan fingerprint density at radius 3 is 1.97 bits per heavy atom. The van der Waals surface area contributed by atoms with Crippen LogP contribution in [0.3, 0.4) is 0 Å². The molecule has 0 heterocycles. The summed E-state index contributed by atoms with van der Waals surface area (Å²) in [6, 6.07) is 22.3. The van der Waals surface area contributed by atoms with Crippen LogP contribution in [-0.4, -0.2) is 6.61 Å². The van der Waals surface area contributed by atoms with Gasteiger partial charge in [-0.05, 0) is 83.9 Å². The molecule has 0 saturated carbocycles. The van der Waals surface area contributed by atoms with E-state index in [9.17, 15) is 13.2 Å². The van der Waals surface area contributed by atoms with Crippen molar-refractivity contribution in [2.75, 3.05) is 0 Å². The molecule has 4 aromatic carbocycles. The van der Waals surface area contributed by atoms with E-state index in [4.69, 9.17) is 0 Å². The van der Waals surface area contributed by atoms with Gasteiger partial charge in [0.25, 0.3) is 0 Å². The summed E-state index contributed by atoms with van der Waals surface area (Å²) < 4.78 is 58.0. The molecule has 0 bridgehead atoms. The van der Waals surface area contributed by atoms with Crippen molar-refractivity contribution in [1.82, 2.24) is 0 Å². The van der Waals surface area contributed by atoms with Crippen molar-refractivity contribution in [3.05, 3.63) is 112 Å². The summed E-state index contributed by atoms with van der Waals surface area (Å²) in [6.07, 6.45) is 7.41. The summed E-state index contributed by atoms with van der Waals surface area (Å²) >= 11 is 0. The van der Waals surface area contributed by atoms with Gasteiger partial charge in [0.15, 0.2) is 11.6 Å². The Bertz CT molecular complexity index is 1310. The van der Waals surface area contributed by atoms with Gasteiger partial charge in [-0.3, -0.25) is 0 Å². The first-order valence-corrected chi connectivity index (χ1v) is 12.9. The zero-order valence-electron chi connectivity index (χ0n) is 21.1. The van der Waals surface area contributed by atoms with E-state index < -0.39 is 18.2 Å². The molecule has 0 spiro atoms. The maximum atomic E-state index is 15.2. The average molecular weight is 509 g/mol. The van der Waals surface area contributed by atoms with Crippen molar-refractivity contribution in [3.8, 4) is 5.75 Å². The number of benzene rings is 4. The third kappa shape index (κ3) is 7.34. The summed E-state index contributed by atoms with van der Waals surface area (Å²) in [4.78, 5) is 0. The van der Waals surface area contributed by atoms with Gasteiger partial charge < -0.3 is 4.74 Å². The van der Waals surface area contributed by atoms with E-state index in [2.05, 4.69) is 35.9 Å². The van der Waals surface area contributed by atoms with Crippen LogP contribution in [0.4, 0.5) is 17.6 Å². The minimum atomic E-state index is -3.08. The molecule has 194 valence electrons. The van der Waals surface area contributed by atoms with Crippen molar-refractivity contribution in [2.24, 2.45) is 0 Å². The number of aryl methyl sites for hydroxylation is 5. The lowest BCUT2D eigenvalue weighted by molar-refractivity contribution is -0.0522. The molecule has 4 aromatic rings. The molecule has 0 saturated heterocycles. The van der Waals surface area contributed by atoms with E-state index in [0.29, 0.717) is 29.4 Å². The van der Waals surface area contributed by atoms with E-state index in [-0.39, 0.29) is 5.82 Å². The Morgan fingerprint density at radius 2 is 1.27 bits per heavy atom. The van der Waals surface area contributed by atoms with Gasteiger partial charge in [-0.2, -0.15) is 8.78 Å². The highest BCUT2D eigenvalue weighted by Gasteiger charge is 2.12. The van der Waals surface area contributed by atoms with E-state index in [0.717, 1.165) is 36.3 Å². The Morgan fingerprint density at radius 1 is 0.649 bits per heavy atom. The zero-order chi connectivity index (χ0) is 26.2. The van der Waals surface area contributed by atoms with Crippen LogP contribution in [-0.2, 0) is 32.1 Å². The molecule has 0 aliphatic carbocycles. The fourth-order valence-corrected chi connectivity index (χ4v) is 4.65. The lowest BCUT2D eigenvalue weighted by atomic mass is 9.97. The molecule has 5 heteroatoms. The Hall–Kier alpha value is -3.34. The third-order valence-corrected chi connectivity index (χ3v) is 6.79. The molecule has 0 unspecified atom stereocenters. The SMILES string of the molecule is CCCCCc1ccc(CCc2ccc3c(F)c(CCc4ccc(OC(F)F)c(F)c4)ccc3c2)cc1. The van der Waals surface area contributed by atoms with E-state index in [1.807, 2.05) is 24.3 Å². The molecule has 37 heavy (non-hydrogen) atoms. The predicted octanol–water partition coefficient (Wildman–Crippen LogP) is 9.02. The van der Waals surface area contributed by atoms with Gasteiger partial charge in [0.2, 0.25) is 0 Å². The highest BCUT2D eigenvalue weighted by atomic mass is 19.3. The lowest BCUT2D eigenvalue weighted by Gasteiger charge is -2.10. The second-order valence-electron chi connectivity index (χ2n) is 9.51. The Balaban J connectivity index is 1.37. The minimum absolute atomic E-state index is 0.277. The highest BCUT2D eigenvalue weighted by molar-refractivity contribution is 5.84. The maximum Gasteiger partial charge on any atom is 0.387 e. The van der Waals surface area contributed by atoms with Crippen molar-refractivity contribution < 1.29 is 22.3 Å². The number of halogens is 4. The molecule has 0 atom stereocenters. The summed E-state index contributed by atoms with van der Waals surface area (Å²) in [7, 11) is 0. The predicted molar refractivity (Wildman–Crippen MR) is 141 cm³/mol. The van der Waals surface area contributed by atoms with Crippen molar-refractivity contribution in [2.45, 2.75) is 64.9 Å². The monoisotopic (exact) mass is 508 g/mol. The van der Waals surface area contributed by atoms with Crippen LogP contribution in [0.2, 0.25) is 0 Å². The van der Waals surface area contributed by atoms with Crippen molar-refractivity contribution >= 4 is 10.8 Å². The largest absolute Gasteiger partial charge is 0.432 e. The first-order chi connectivity index (χ1) is 17.9. The van der Waals surface area contributed by atoms with Crippen LogP contribution in [0, 0.1) is 11.6 Å². The maximum absolute atomic E-state index is 15.2. The molecule has 0 fully saturated rings. The quantitative estimate of drug-likeness (QED) is 0.137. The summed E-state index contributed by atoms with van der Waals surface area (Å²) in [5, 5.41) is 1.41. The van der Waals surface area contributed by atoms with Gasteiger partial charge in [0.1, 0.15) is 5.82 Å². The highest BCUT2D eigenvalue weighted by Crippen LogP contribution is 2.26. The first-order valence-electron chi connectivity index (χ1n) is 12.9. The molecule has 0 aliphatic heterocycles. The Labute approximate surface area is 216 Å². The molecular formula is C32H32F4O. The molecular weight excluding hydrogens is 476 g/mol. The van der Waals surface area contributed by atoms with Gasteiger partial charge in [-0.15, -0.1) is 0 Å². The summed E-state index contributed by atoms with van der Waals surface area (Å²) in [6.45, 7) is -0.868. The number of ether oxygens (including phenoxy) is 1. The zero-order valence-corrected chi connectivity index (χ0v) is 21.1. The standard InChI is InChI=1S/C32H32F4O/c1-2-3-4-5-22-6-8-23(9-7-22)10-11-24-13-18-28-27(20-24)17-16-26(31(28)34)15-12-25-14-19-30(29(33)21-25)37-32(35)36/h6-9,13-14,16-21,32H,2-5,10-12,15H2,1H3. The second-order valence-corrected chi connectivity index (χ2v) is 9.51. The molecule has 0 radical (unpaired) electrons. The van der Waals surface area contributed by atoms with Crippen molar-refractivity contribution in [3.63, 3.8) is 0 Å². The number of hydrogen-bond donors (Lipinski definition) is 0. The molecule has 4 rings (SSSR count). The van der Waals surface area contributed by atoms with Crippen molar-refractivity contribution in [1.29, 1.82) is 0 Å². The summed E-state index contributed by atoms with van der Waals surface area (Å²) in [5.74, 6) is -1.63. The smallest absolute Gasteiger partial charge is 0.387 e. The van der Waals surface area contributed by atoms with E-state index >= 15 is 4.39 Å². The number of alkyl halides is 2. The fourth-order valence-electron chi connectivity index (χ4n) is 4.65. The van der Waals surface area contributed by atoms with Crippen LogP contribution in [0.25, 0.3) is 10.8 Å². The molecule has 0 aliphatic rings. The van der Waals surface area contributed by atoms with Gasteiger partial charge >= 0.3 is 6.61 Å². The fraction of sp³-hybridized carbons (Fsp3) is 0.312. The molecule has 0 N–H and O–H groups in total. The molecule has 0 aromatic heterocycles.